The van der Waals surface area contributed by atoms with Crippen LogP contribution < -0.4 is 26.9 Å². The van der Waals surface area contributed by atoms with Gasteiger partial charge in [-0.05, 0) is 45.4 Å². The lowest BCUT2D eigenvalue weighted by atomic mass is 9.76. The highest BCUT2D eigenvalue weighted by molar-refractivity contribution is 5.77. The smallest absolute Gasteiger partial charge is 0.315 e. The quantitative estimate of drug-likeness (QED) is 0.157. The molecule has 0 bridgehead atoms. The zero-order valence-electron chi connectivity index (χ0n) is 23.7. The van der Waals surface area contributed by atoms with Crippen LogP contribution in [0.15, 0.2) is 0 Å². The fourth-order valence-corrected chi connectivity index (χ4v) is 5.65. The Balaban J connectivity index is 1.03. The summed E-state index contributed by atoms with van der Waals surface area (Å²) in [7, 11) is 0. The summed E-state index contributed by atoms with van der Waals surface area (Å²) in [5.74, 6) is 0.809. The van der Waals surface area contributed by atoms with Crippen molar-refractivity contribution in [1.29, 1.82) is 0 Å². The molecule has 1 saturated carbocycles. The van der Waals surface area contributed by atoms with E-state index in [1.54, 1.807) is 0 Å². The standard InChI is InChI=1S/C27H52N6O5/c1-22-24(30-26(35)29-22)11-7-4-8-12-25(34)28-13-15-36-17-19-38-20-18-37-16-14-33-21-27(2,31-32-33)23-9-5-3-6-10-23/h22-24,31-32H,3-21H2,1-2H3,(H,28,34)(H2,29,30,35)/t22-,24+,27?/m0/s1. The van der Waals surface area contributed by atoms with Crippen LogP contribution in [0.1, 0.15) is 78.1 Å². The fourth-order valence-electron chi connectivity index (χ4n) is 5.65. The number of nitrogens with zero attached hydrogens (tertiary/aromatic N) is 1. The fraction of sp³-hybridized carbons (Fsp3) is 0.926. The van der Waals surface area contributed by atoms with E-state index >= 15 is 0 Å². The number of carbonyl (C=O) groups excluding carboxylic acids is 2. The zero-order valence-corrected chi connectivity index (χ0v) is 23.7. The largest absolute Gasteiger partial charge is 0.378 e. The molecule has 2 heterocycles. The van der Waals surface area contributed by atoms with Crippen LogP contribution in [0.4, 0.5) is 4.79 Å². The Morgan fingerprint density at radius 2 is 1.68 bits per heavy atom. The van der Waals surface area contributed by atoms with Gasteiger partial charge in [-0.2, -0.15) is 5.53 Å². The van der Waals surface area contributed by atoms with Crippen molar-refractivity contribution in [3.63, 3.8) is 0 Å². The highest BCUT2D eigenvalue weighted by atomic mass is 16.5. The van der Waals surface area contributed by atoms with Gasteiger partial charge in [0.05, 0.1) is 45.7 Å². The summed E-state index contributed by atoms with van der Waals surface area (Å²) in [6.07, 6.45) is 11.1. The van der Waals surface area contributed by atoms with Crippen LogP contribution in [0.5, 0.6) is 0 Å². The molecular weight excluding hydrogens is 488 g/mol. The third kappa shape index (κ3) is 11.3. The Morgan fingerprint density at radius 1 is 0.974 bits per heavy atom. The molecule has 3 aliphatic rings. The minimum absolute atomic E-state index is 0.0599. The van der Waals surface area contributed by atoms with Gasteiger partial charge >= 0.3 is 6.03 Å². The average molecular weight is 541 g/mol. The lowest BCUT2D eigenvalue weighted by Gasteiger charge is -2.35. The number of urea groups is 1. The molecule has 3 fully saturated rings. The zero-order chi connectivity index (χ0) is 27.1. The van der Waals surface area contributed by atoms with Gasteiger partial charge in [0.1, 0.15) is 0 Å². The molecule has 2 saturated heterocycles. The maximum absolute atomic E-state index is 11.9. The molecule has 1 unspecified atom stereocenters. The SMILES string of the molecule is C[C@@H]1NC(=O)N[C@@H]1CCCCCC(=O)NCCOCCOCCOCCN1CC(C)(C2CCCCC2)NN1. The Bertz CT molecular complexity index is 695. The van der Waals surface area contributed by atoms with Gasteiger partial charge in [0.25, 0.3) is 0 Å². The molecule has 2 aliphatic heterocycles. The van der Waals surface area contributed by atoms with Gasteiger partial charge in [-0.1, -0.05) is 32.1 Å². The molecule has 0 aromatic heterocycles. The lowest BCUT2D eigenvalue weighted by molar-refractivity contribution is -0.121. The van der Waals surface area contributed by atoms with E-state index in [0.717, 1.165) is 44.7 Å². The van der Waals surface area contributed by atoms with Crippen LogP contribution in [-0.2, 0) is 19.0 Å². The summed E-state index contributed by atoms with van der Waals surface area (Å²) < 4.78 is 16.8. The molecule has 38 heavy (non-hydrogen) atoms. The summed E-state index contributed by atoms with van der Waals surface area (Å²) in [5.41, 5.74) is 7.00. The van der Waals surface area contributed by atoms with Crippen LogP contribution in [0.2, 0.25) is 0 Å². The molecule has 0 aromatic rings. The van der Waals surface area contributed by atoms with Crippen LogP contribution in [0.25, 0.3) is 0 Å². The van der Waals surface area contributed by atoms with E-state index < -0.39 is 0 Å². The number of hydrazine groups is 2. The van der Waals surface area contributed by atoms with Crippen molar-refractivity contribution < 1.29 is 23.8 Å². The van der Waals surface area contributed by atoms with Gasteiger partial charge in [-0.3, -0.25) is 4.79 Å². The molecule has 5 N–H and O–H groups in total. The summed E-state index contributed by atoms with van der Waals surface area (Å²) in [6, 6.07) is 0.288. The van der Waals surface area contributed by atoms with Crippen LogP contribution >= 0.6 is 0 Å². The van der Waals surface area contributed by atoms with Crippen molar-refractivity contribution in [2.24, 2.45) is 5.92 Å². The summed E-state index contributed by atoms with van der Waals surface area (Å²) in [4.78, 5) is 23.2. The minimum atomic E-state index is -0.0826. The molecule has 0 radical (unpaired) electrons. The Morgan fingerprint density at radius 3 is 2.39 bits per heavy atom. The van der Waals surface area contributed by atoms with Crippen LogP contribution in [-0.4, -0.2) is 93.8 Å². The van der Waals surface area contributed by atoms with Gasteiger partial charge in [-0.25, -0.2) is 15.2 Å². The average Bonchev–Trinajstić information content (AvgIpc) is 3.46. The third-order valence-electron chi connectivity index (χ3n) is 8.04. The third-order valence-corrected chi connectivity index (χ3v) is 8.04. The summed E-state index contributed by atoms with van der Waals surface area (Å²) in [5, 5.41) is 10.9. The van der Waals surface area contributed by atoms with E-state index in [-0.39, 0.29) is 29.6 Å². The maximum atomic E-state index is 11.9. The van der Waals surface area contributed by atoms with Crippen molar-refractivity contribution in [2.45, 2.75) is 95.7 Å². The van der Waals surface area contributed by atoms with Gasteiger partial charge in [-0.15, -0.1) is 0 Å². The van der Waals surface area contributed by atoms with Crippen molar-refractivity contribution in [1.82, 2.24) is 31.9 Å². The van der Waals surface area contributed by atoms with Gasteiger partial charge in [0.15, 0.2) is 0 Å². The van der Waals surface area contributed by atoms with Crippen LogP contribution in [0, 0.1) is 5.92 Å². The van der Waals surface area contributed by atoms with E-state index in [0.29, 0.717) is 52.6 Å². The Hall–Kier alpha value is -1.50. The first-order valence-corrected chi connectivity index (χ1v) is 14.8. The van der Waals surface area contributed by atoms with Crippen molar-refractivity contribution in [3.05, 3.63) is 0 Å². The second kappa shape index (κ2) is 17.2. The number of nitrogens with one attached hydrogen (secondary N) is 5. The minimum Gasteiger partial charge on any atom is -0.378 e. The highest BCUT2D eigenvalue weighted by Crippen LogP contribution is 2.34. The number of amides is 3. The molecular formula is C27H52N6O5. The molecule has 220 valence electrons. The first kappa shape index (κ1) is 31.0. The van der Waals surface area contributed by atoms with E-state index in [1.165, 1.54) is 32.1 Å². The number of rotatable bonds is 19. The van der Waals surface area contributed by atoms with Crippen molar-refractivity contribution in [2.75, 3.05) is 59.3 Å². The van der Waals surface area contributed by atoms with Crippen molar-refractivity contribution in [3.8, 4) is 0 Å². The first-order chi connectivity index (χ1) is 18.5. The van der Waals surface area contributed by atoms with E-state index in [9.17, 15) is 9.59 Å². The van der Waals surface area contributed by atoms with Crippen molar-refractivity contribution >= 4 is 11.9 Å². The van der Waals surface area contributed by atoms with E-state index in [1.807, 2.05) is 6.92 Å². The molecule has 3 atom stereocenters. The number of ether oxygens (including phenoxy) is 3. The number of carbonyl (C=O) groups is 2. The number of hydrogen-bond acceptors (Lipinski definition) is 8. The number of hydrogen-bond donors (Lipinski definition) is 5. The lowest BCUT2D eigenvalue weighted by Crippen LogP contribution is -2.49. The van der Waals surface area contributed by atoms with E-state index in [4.69, 9.17) is 14.2 Å². The van der Waals surface area contributed by atoms with Gasteiger partial charge in [0.2, 0.25) is 5.91 Å². The monoisotopic (exact) mass is 540 g/mol. The highest BCUT2D eigenvalue weighted by Gasteiger charge is 2.40. The van der Waals surface area contributed by atoms with Crippen LogP contribution in [0.3, 0.4) is 0 Å². The molecule has 3 rings (SSSR count). The molecule has 0 aromatic carbocycles. The molecule has 11 heteroatoms. The predicted octanol–water partition coefficient (Wildman–Crippen LogP) is 1.84. The second-order valence-electron chi connectivity index (χ2n) is 11.2. The number of unbranched alkanes of at least 4 members (excludes halogenated alkanes) is 2. The van der Waals surface area contributed by atoms with Gasteiger partial charge in [0, 0.05) is 37.6 Å². The molecule has 11 nitrogen and oxygen atoms in total. The molecule has 0 spiro atoms. The predicted molar refractivity (Wildman–Crippen MR) is 146 cm³/mol. The summed E-state index contributed by atoms with van der Waals surface area (Å²) in [6.45, 7) is 10.0. The normalized spacial score (nSPS) is 26.4. The summed E-state index contributed by atoms with van der Waals surface area (Å²) >= 11 is 0. The maximum Gasteiger partial charge on any atom is 0.315 e. The Kier molecular flexibility index (Phi) is 14.1. The Labute approximate surface area is 228 Å². The molecule has 3 amide bonds. The van der Waals surface area contributed by atoms with E-state index in [2.05, 4.69) is 38.8 Å². The topological polar surface area (TPSA) is 125 Å². The second-order valence-corrected chi connectivity index (χ2v) is 11.2. The van der Waals surface area contributed by atoms with Gasteiger partial charge < -0.3 is 30.2 Å². The molecule has 1 aliphatic carbocycles. The first-order valence-electron chi connectivity index (χ1n) is 14.8.